The van der Waals surface area contributed by atoms with Crippen molar-refractivity contribution in [3.05, 3.63) is 29.6 Å². The Hall–Kier alpha value is -0.850. The summed E-state index contributed by atoms with van der Waals surface area (Å²) in [5.74, 6) is 1.37. The minimum absolute atomic E-state index is 0. The van der Waals surface area contributed by atoms with Crippen LogP contribution in [0, 0.1) is 12.8 Å². The molecule has 1 saturated heterocycles. The molecule has 0 amide bonds. The zero-order chi connectivity index (χ0) is 13.0. The number of nitrogens with zero attached hydrogens (tertiary/aromatic N) is 3. The van der Waals surface area contributed by atoms with Gasteiger partial charge < -0.3 is 10.6 Å². The Morgan fingerprint density at radius 2 is 2.37 bits per heavy atom. The molecule has 106 valence electrons. The van der Waals surface area contributed by atoms with Gasteiger partial charge in [-0.2, -0.15) is 0 Å². The molecule has 0 bridgehead atoms. The maximum atomic E-state index is 6.06. The second-order valence-electron chi connectivity index (χ2n) is 5.13. The van der Waals surface area contributed by atoms with Crippen LogP contribution in [-0.2, 0) is 6.54 Å². The fraction of sp³-hybridized carbons (Fsp3) is 0.571. The number of aromatic nitrogens is 1. The zero-order valence-corrected chi connectivity index (χ0v) is 14.0. The van der Waals surface area contributed by atoms with Gasteiger partial charge in [-0.1, -0.05) is 13.0 Å². The molecule has 0 aliphatic carbocycles. The number of aliphatic imine (C=N–C) groups is 1. The molecule has 1 unspecified atom stereocenters. The number of nitrogens with two attached hydrogens (primary N) is 1. The molecule has 1 fully saturated rings. The normalized spacial score (nSPS) is 20.0. The summed E-state index contributed by atoms with van der Waals surface area (Å²) in [6.07, 6.45) is 4.31. The molecule has 1 atom stereocenters. The van der Waals surface area contributed by atoms with Crippen molar-refractivity contribution in [2.45, 2.75) is 33.2 Å². The average Bonchev–Trinajstić information content (AvgIpc) is 2.37. The van der Waals surface area contributed by atoms with E-state index in [4.69, 9.17) is 5.73 Å². The minimum Gasteiger partial charge on any atom is -0.370 e. The Kier molecular flexibility index (Phi) is 6.54. The van der Waals surface area contributed by atoms with E-state index in [1.54, 1.807) is 6.20 Å². The summed E-state index contributed by atoms with van der Waals surface area (Å²) in [5, 5.41) is 0. The van der Waals surface area contributed by atoms with Crippen molar-refractivity contribution in [2.24, 2.45) is 16.6 Å². The second kappa shape index (κ2) is 7.67. The third kappa shape index (κ3) is 4.63. The Labute approximate surface area is 132 Å². The number of guanidine groups is 1. The van der Waals surface area contributed by atoms with Gasteiger partial charge in [-0.3, -0.25) is 4.98 Å². The number of halogens is 1. The smallest absolute Gasteiger partial charge is 0.191 e. The van der Waals surface area contributed by atoms with E-state index in [2.05, 4.69) is 34.8 Å². The van der Waals surface area contributed by atoms with Crippen LogP contribution in [0.1, 0.15) is 31.0 Å². The molecule has 0 saturated carbocycles. The first-order valence-corrected chi connectivity index (χ1v) is 6.62. The van der Waals surface area contributed by atoms with E-state index < -0.39 is 0 Å². The Morgan fingerprint density at radius 3 is 3.05 bits per heavy atom. The molecule has 0 spiro atoms. The molecule has 1 aliphatic rings. The minimum atomic E-state index is 0. The van der Waals surface area contributed by atoms with E-state index >= 15 is 0 Å². The molecular weight excluding hydrogens is 351 g/mol. The fourth-order valence-electron chi connectivity index (χ4n) is 2.34. The molecule has 1 aromatic heterocycles. The van der Waals surface area contributed by atoms with Crippen LogP contribution in [0.2, 0.25) is 0 Å². The Bertz CT molecular complexity index is 433. The molecular formula is C14H23IN4. The summed E-state index contributed by atoms with van der Waals surface area (Å²) >= 11 is 0. The van der Waals surface area contributed by atoms with Crippen molar-refractivity contribution in [3.8, 4) is 0 Å². The van der Waals surface area contributed by atoms with Crippen LogP contribution in [-0.4, -0.2) is 28.9 Å². The van der Waals surface area contributed by atoms with Gasteiger partial charge in [0, 0.05) is 19.3 Å². The summed E-state index contributed by atoms with van der Waals surface area (Å²) in [6.45, 7) is 6.94. The molecule has 2 N–H and O–H groups in total. The van der Waals surface area contributed by atoms with Crippen LogP contribution in [0.15, 0.2) is 23.3 Å². The number of aryl methyl sites for hydroxylation is 1. The van der Waals surface area contributed by atoms with Crippen molar-refractivity contribution in [2.75, 3.05) is 13.1 Å². The lowest BCUT2D eigenvalue weighted by molar-refractivity contribution is 0.270. The third-order valence-electron chi connectivity index (χ3n) is 3.49. The largest absolute Gasteiger partial charge is 0.370 e. The van der Waals surface area contributed by atoms with Gasteiger partial charge in [-0.15, -0.1) is 24.0 Å². The van der Waals surface area contributed by atoms with Crippen molar-refractivity contribution in [1.82, 2.24) is 9.88 Å². The maximum absolute atomic E-state index is 6.06. The van der Waals surface area contributed by atoms with Crippen LogP contribution < -0.4 is 5.73 Å². The van der Waals surface area contributed by atoms with E-state index in [-0.39, 0.29) is 24.0 Å². The maximum Gasteiger partial charge on any atom is 0.191 e. The monoisotopic (exact) mass is 374 g/mol. The van der Waals surface area contributed by atoms with Crippen molar-refractivity contribution in [1.29, 1.82) is 0 Å². The molecule has 0 radical (unpaired) electrons. The summed E-state index contributed by atoms with van der Waals surface area (Å²) in [5.41, 5.74) is 8.23. The highest BCUT2D eigenvalue weighted by atomic mass is 127. The van der Waals surface area contributed by atoms with Gasteiger partial charge in [-0.25, -0.2) is 4.99 Å². The molecule has 1 aromatic rings. The Morgan fingerprint density at radius 1 is 1.58 bits per heavy atom. The second-order valence-corrected chi connectivity index (χ2v) is 5.13. The van der Waals surface area contributed by atoms with E-state index in [9.17, 15) is 0 Å². The lowest BCUT2D eigenvalue weighted by Gasteiger charge is -2.31. The zero-order valence-electron chi connectivity index (χ0n) is 11.7. The SMILES string of the molecule is Cc1cccnc1CN=C(N)N1CCCC(C)C1.I. The van der Waals surface area contributed by atoms with Crippen LogP contribution >= 0.6 is 24.0 Å². The first-order valence-electron chi connectivity index (χ1n) is 6.62. The van der Waals surface area contributed by atoms with Crippen LogP contribution in [0.3, 0.4) is 0 Å². The molecule has 4 nitrogen and oxygen atoms in total. The standard InChI is InChI=1S/C14H22N4.HI/c1-11-5-4-8-18(10-11)14(15)17-9-13-12(2)6-3-7-16-13;/h3,6-7,11H,4-5,8-10H2,1-2H3,(H2,15,17);1H. The summed E-state index contributed by atoms with van der Waals surface area (Å²) in [4.78, 5) is 11.0. The number of likely N-dealkylation sites (tertiary alicyclic amines) is 1. The van der Waals surface area contributed by atoms with Gasteiger partial charge in [0.25, 0.3) is 0 Å². The first-order chi connectivity index (χ1) is 8.66. The first kappa shape index (κ1) is 16.2. The predicted molar refractivity (Wildman–Crippen MR) is 89.7 cm³/mol. The van der Waals surface area contributed by atoms with Crippen LogP contribution in [0.5, 0.6) is 0 Å². The van der Waals surface area contributed by atoms with Crippen LogP contribution in [0.4, 0.5) is 0 Å². The number of hydrogen-bond acceptors (Lipinski definition) is 2. The summed E-state index contributed by atoms with van der Waals surface area (Å²) in [6, 6.07) is 4.00. The molecule has 19 heavy (non-hydrogen) atoms. The van der Waals surface area contributed by atoms with Gasteiger partial charge in [0.2, 0.25) is 0 Å². The van der Waals surface area contributed by atoms with E-state index in [1.807, 2.05) is 6.07 Å². The van der Waals surface area contributed by atoms with Crippen molar-refractivity contribution in [3.63, 3.8) is 0 Å². The highest BCUT2D eigenvalue weighted by Gasteiger charge is 2.17. The lowest BCUT2D eigenvalue weighted by Crippen LogP contribution is -2.43. The summed E-state index contributed by atoms with van der Waals surface area (Å²) < 4.78 is 0. The molecule has 5 heteroatoms. The van der Waals surface area contributed by atoms with E-state index in [0.29, 0.717) is 18.4 Å². The van der Waals surface area contributed by atoms with Crippen molar-refractivity contribution >= 4 is 29.9 Å². The molecule has 2 rings (SSSR count). The lowest BCUT2D eigenvalue weighted by atomic mass is 10.0. The Balaban J connectivity index is 0.00000180. The number of pyridine rings is 1. The molecule has 1 aliphatic heterocycles. The average molecular weight is 374 g/mol. The highest BCUT2D eigenvalue weighted by molar-refractivity contribution is 14.0. The van der Waals surface area contributed by atoms with Gasteiger partial charge in [-0.05, 0) is 37.3 Å². The van der Waals surface area contributed by atoms with Gasteiger partial charge >= 0.3 is 0 Å². The van der Waals surface area contributed by atoms with E-state index in [1.165, 1.54) is 18.4 Å². The van der Waals surface area contributed by atoms with Gasteiger partial charge in [0.05, 0.1) is 12.2 Å². The fourth-order valence-corrected chi connectivity index (χ4v) is 2.34. The van der Waals surface area contributed by atoms with Gasteiger partial charge in [0.1, 0.15) is 0 Å². The van der Waals surface area contributed by atoms with E-state index in [0.717, 1.165) is 18.8 Å². The number of rotatable bonds is 2. The number of piperidine rings is 1. The summed E-state index contributed by atoms with van der Waals surface area (Å²) in [7, 11) is 0. The molecule has 2 heterocycles. The third-order valence-corrected chi connectivity index (χ3v) is 3.49. The predicted octanol–water partition coefficient (Wildman–Crippen LogP) is 2.55. The molecule has 0 aromatic carbocycles. The topological polar surface area (TPSA) is 54.5 Å². The quantitative estimate of drug-likeness (QED) is 0.492. The van der Waals surface area contributed by atoms with Crippen LogP contribution in [0.25, 0.3) is 0 Å². The highest BCUT2D eigenvalue weighted by Crippen LogP contribution is 2.15. The van der Waals surface area contributed by atoms with Gasteiger partial charge in [0.15, 0.2) is 5.96 Å². The van der Waals surface area contributed by atoms with Crippen molar-refractivity contribution < 1.29 is 0 Å². The number of hydrogen-bond donors (Lipinski definition) is 1.